The van der Waals surface area contributed by atoms with Crippen LogP contribution in [0, 0.1) is 18.8 Å². The Balaban J connectivity index is 0.000000250. The molecule has 8 rings (SSSR count). The minimum atomic E-state index is -0.124. The maximum atomic E-state index is 4.22. The van der Waals surface area contributed by atoms with E-state index in [1.54, 1.807) is 6.20 Å². The van der Waals surface area contributed by atoms with Crippen LogP contribution in [0.15, 0.2) is 115 Å². The van der Waals surface area contributed by atoms with E-state index >= 15 is 0 Å². The average molecular weight is 791 g/mol. The summed E-state index contributed by atoms with van der Waals surface area (Å²) in [6, 6.07) is 45.2. The van der Waals surface area contributed by atoms with Gasteiger partial charge in [-0.2, -0.15) is 12.1 Å². The molecular weight excluding hydrogens is 751 g/mol. The molecular formula is C43H40IrN3. The van der Waals surface area contributed by atoms with E-state index in [0.29, 0.717) is 11.8 Å². The molecule has 0 saturated carbocycles. The summed E-state index contributed by atoms with van der Waals surface area (Å²) in [4.78, 5) is 8.97. The largest absolute Gasteiger partial charge is 3.00 e. The van der Waals surface area contributed by atoms with Crippen LogP contribution >= 0.6 is 0 Å². The number of para-hydroxylation sites is 1. The number of pyridine rings is 1. The Hall–Kier alpha value is -4.24. The summed E-state index contributed by atoms with van der Waals surface area (Å²) in [6.07, 6.45) is 1.79. The molecule has 47 heavy (non-hydrogen) atoms. The number of nitrogens with zero attached hydrogens (tertiary/aromatic N) is 3. The van der Waals surface area contributed by atoms with E-state index in [9.17, 15) is 0 Å². The molecule has 5 aromatic carbocycles. The maximum absolute atomic E-state index is 4.22. The third-order valence-electron chi connectivity index (χ3n) is 9.34. The van der Waals surface area contributed by atoms with E-state index in [-0.39, 0.29) is 25.5 Å². The van der Waals surface area contributed by atoms with Crippen molar-refractivity contribution in [2.45, 2.75) is 58.8 Å². The average Bonchev–Trinajstić information content (AvgIpc) is 3.48. The van der Waals surface area contributed by atoms with Crippen LogP contribution in [0.4, 0.5) is 22.7 Å². The van der Waals surface area contributed by atoms with Gasteiger partial charge in [-0.3, -0.25) is 0 Å². The van der Waals surface area contributed by atoms with Gasteiger partial charge in [-0.1, -0.05) is 95.8 Å². The molecule has 3 nitrogen and oxygen atoms in total. The first-order chi connectivity index (χ1) is 22.2. The second-order valence-electron chi connectivity index (χ2n) is 13.4. The van der Waals surface area contributed by atoms with Gasteiger partial charge in [0, 0.05) is 23.3 Å². The third kappa shape index (κ3) is 5.90. The molecule has 236 valence electrons. The number of hydrogen-bond donors (Lipinski definition) is 0. The van der Waals surface area contributed by atoms with E-state index in [0.717, 1.165) is 16.9 Å². The molecule has 6 aromatic rings. The van der Waals surface area contributed by atoms with Crippen molar-refractivity contribution in [3.63, 3.8) is 0 Å². The van der Waals surface area contributed by atoms with Gasteiger partial charge in [-0.25, -0.2) is 0 Å². The fourth-order valence-corrected chi connectivity index (χ4v) is 6.79. The Kier molecular flexibility index (Phi) is 9.11. The van der Waals surface area contributed by atoms with Gasteiger partial charge in [0.2, 0.25) is 0 Å². The molecule has 0 atom stereocenters. The van der Waals surface area contributed by atoms with E-state index in [2.05, 4.69) is 142 Å². The topological polar surface area (TPSA) is 19.4 Å². The standard InChI is InChI=1S/C32H32N2.C11H8N.Ir/c1-20(2)23-16-24(21(3)4)18-25(17-23)33-19-34-28-15-14-22-10-7-8-11-26(22)30(28)32(5,6)27-12-9-13-29(33)31(27)34;1-2-6-10(7-3-1)11-8-4-5-9-12-11;/h7-14,16-21H,1-6H3;1-6,8-9H;/q-2;-1;+3. The summed E-state index contributed by atoms with van der Waals surface area (Å²) in [5.74, 6) is 0.967. The Morgan fingerprint density at radius 3 is 2.15 bits per heavy atom. The number of aromatic nitrogens is 1. The second-order valence-corrected chi connectivity index (χ2v) is 13.4. The van der Waals surface area contributed by atoms with Crippen molar-refractivity contribution < 1.29 is 20.1 Å². The first kappa shape index (κ1) is 32.7. The molecule has 0 bridgehead atoms. The third-order valence-corrected chi connectivity index (χ3v) is 9.34. The second kappa shape index (κ2) is 13.1. The van der Waals surface area contributed by atoms with Crippen LogP contribution in [-0.2, 0) is 25.5 Å². The minimum absolute atomic E-state index is 0. The number of fused-ring (bicyclic) bond motifs is 4. The van der Waals surface area contributed by atoms with Crippen LogP contribution in [0.25, 0.3) is 22.0 Å². The van der Waals surface area contributed by atoms with Crippen LogP contribution in [0.5, 0.6) is 0 Å². The van der Waals surface area contributed by atoms with Crippen molar-refractivity contribution in [2.24, 2.45) is 0 Å². The molecule has 0 spiro atoms. The predicted molar refractivity (Wildman–Crippen MR) is 193 cm³/mol. The Bertz CT molecular complexity index is 1950. The van der Waals surface area contributed by atoms with Crippen molar-refractivity contribution in [2.75, 3.05) is 9.80 Å². The summed E-state index contributed by atoms with van der Waals surface area (Å²) >= 11 is 0. The van der Waals surface area contributed by atoms with Crippen LogP contribution in [0.1, 0.15) is 75.6 Å². The molecule has 0 N–H and O–H groups in total. The molecule has 0 unspecified atom stereocenters. The fourth-order valence-electron chi connectivity index (χ4n) is 6.79. The van der Waals surface area contributed by atoms with Crippen molar-refractivity contribution in [3.05, 3.63) is 156 Å². The summed E-state index contributed by atoms with van der Waals surface area (Å²) in [5, 5.41) is 2.56. The first-order valence-electron chi connectivity index (χ1n) is 16.3. The van der Waals surface area contributed by atoms with Crippen molar-refractivity contribution in [1.82, 2.24) is 4.98 Å². The van der Waals surface area contributed by atoms with Crippen LogP contribution in [-0.4, -0.2) is 4.98 Å². The van der Waals surface area contributed by atoms with Gasteiger partial charge >= 0.3 is 20.1 Å². The predicted octanol–water partition coefficient (Wildman–Crippen LogP) is 11.5. The van der Waals surface area contributed by atoms with E-state index in [1.165, 1.54) is 50.1 Å². The monoisotopic (exact) mass is 791 g/mol. The van der Waals surface area contributed by atoms with Crippen molar-refractivity contribution in [1.29, 1.82) is 0 Å². The van der Waals surface area contributed by atoms with Gasteiger partial charge in [0.05, 0.1) is 0 Å². The van der Waals surface area contributed by atoms with E-state index in [4.69, 9.17) is 0 Å². The molecule has 0 radical (unpaired) electrons. The Morgan fingerprint density at radius 1 is 0.745 bits per heavy atom. The van der Waals surface area contributed by atoms with Crippen LogP contribution in [0.2, 0.25) is 0 Å². The molecule has 1 aromatic heterocycles. The van der Waals surface area contributed by atoms with Crippen molar-refractivity contribution in [3.8, 4) is 11.3 Å². The van der Waals surface area contributed by atoms with Crippen LogP contribution in [0.3, 0.4) is 0 Å². The smallest absolute Gasteiger partial charge is 0.493 e. The van der Waals surface area contributed by atoms with Gasteiger partial charge < -0.3 is 14.8 Å². The molecule has 0 saturated heterocycles. The zero-order valence-electron chi connectivity index (χ0n) is 27.9. The van der Waals surface area contributed by atoms with E-state index in [1.807, 2.05) is 42.5 Å². The zero-order chi connectivity index (χ0) is 32.0. The SMILES string of the molecule is CC(C)c1cc(C(C)C)cc(N2[CH-]N3c4[c-]cc5ccccc5c4C(C)(C)c4cccc2c43)c1.[Ir+3].[c-]1ccccc1-c1ccccn1. The van der Waals surface area contributed by atoms with Crippen molar-refractivity contribution >= 4 is 33.5 Å². The molecule has 0 aliphatic carbocycles. The summed E-state index contributed by atoms with van der Waals surface area (Å²) in [6.45, 7) is 16.1. The molecule has 2 aliphatic rings. The zero-order valence-corrected chi connectivity index (χ0v) is 30.3. The fraction of sp³-hybridized carbons (Fsp3) is 0.209. The molecule has 2 aliphatic heterocycles. The molecule has 0 amide bonds. The van der Waals surface area contributed by atoms with Crippen LogP contribution < -0.4 is 9.80 Å². The number of benzene rings is 5. The molecule has 0 fully saturated rings. The quantitative estimate of drug-likeness (QED) is 0.166. The Labute approximate surface area is 293 Å². The van der Waals surface area contributed by atoms with Gasteiger partial charge in [-0.05, 0) is 63.9 Å². The van der Waals surface area contributed by atoms with Gasteiger partial charge in [0.1, 0.15) is 0 Å². The minimum Gasteiger partial charge on any atom is -0.493 e. The normalized spacial score (nSPS) is 14.0. The van der Waals surface area contributed by atoms with Gasteiger partial charge in [0.15, 0.2) is 0 Å². The number of anilines is 4. The van der Waals surface area contributed by atoms with E-state index < -0.39 is 0 Å². The molecule has 3 heterocycles. The number of rotatable bonds is 4. The maximum Gasteiger partial charge on any atom is 3.00 e. The number of hydrogen-bond acceptors (Lipinski definition) is 3. The van der Waals surface area contributed by atoms with Gasteiger partial charge in [0.25, 0.3) is 0 Å². The summed E-state index contributed by atoms with van der Waals surface area (Å²) < 4.78 is 0. The first-order valence-corrected chi connectivity index (χ1v) is 16.3. The summed E-state index contributed by atoms with van der Waals surface area (Å²) in [5.41, 5.74) is 12.3. The molecule has 4 heteroatoms. The Morgan fingerprint density at radius 2 is 1.47 bits per heavy atom. The summed E-state index contributed by atoms with van der Waals surface area (Å²) in [7, 11) is 0. The van der Waals surface area contributed by atoms with Gasteiger partial charge in [-0.15, -0.1) is 65.0 Å².